The maximum absolute atomic E-state index is 12.0. The van der Waals surface area contributed by atoms with Gasteiger partial charge in [0, 0.05) is 22.3 Å². The van der Waals surface area contributed by atoms with Gasteiger partial charge in [-0.1, -0.05) is 110 Å². The highest BCUT2D eigenvalue weighted by Gasteiger charge is 2.35. The molecule has 1 aliphatic rings. The molecule has 0 aliphatic carbocycles. The fourth-order valence-corrected chi connectivity index (χ4v) is 5.93. The molecule has 1 aliphatic heterocycles. The van der Waals surface area contributed by atoms with Crippen LogP contribution in [0.1, 0.15) is 146 Å². The topological polar surface area (TPSA) is 25.3 Å². The minimum Gasteiger partial charge on any atom is -0.493 e. The Hall–Kier alpha value is -2.48. The summed E-state index contributed by atoms with van der Waals surface area (Å²) < 4.78 is 1.58. The molecule has 212 valence electrons. The molecule has 1 heterocycles. The van der Waals surface area contributed by atoms with Crippen molar-refractivity contribution in [2.24, 2.45) is 0 Å². The van der Waals surface area contributed by atoms with Crippen molar-refractivity contribution in [3.05, 3.63) is 87.5 Å². The fraction of sp³-hybridized carbons (Fsp3) is 0.568. The van der Waals surface area contributed by atoms with E-state index in [0.717, 1.165) is 48.2 Å². The first-order chi connectivity index (χ1) is 19.1. The number of benzene rings is 2. The first-order valence-corrected chi connectivity index (χ1v) is 16.3. The number of hydrogen-bond donors (Lipinski definition) is 0. The van der Waals surface area contributed by atoms with E-state index >= 15 is 0 Å². The average Bonchev–Trinajstić information content (AvgIpc) is 3.23. The lowest BCUT2D eigenvalue weighted by molar-refractivity contribution is -0.345. The molecule has 0 N–H and O–H groups in total. The van der Waals surface area contributed by atoms with Crippen LogP contribution in [0.4, 0.5) is 0 Å². The van der Waals surface area contributed by atoms with Crippen molar-refractivity contribution < 1.29 is 4.70 Å². The molecule has 2 heteroatoms. The second kappa shape index (κ2) is 17.3. The summed E-state index contributed by atoms with van der Waals surface area (Å²) in [6.07, 6.45) is 20.3. The van der Waals surface area contributed by atoms with E-state index in [1.807, 2.05) is 0 Å². The van der Waals surface area contributed by atoms with Crippen LogP contribution < -0.4 is 0 Å². The van der Waals surface area contributed by atoms with Crippen LogP contribution in [-0.4, -0.2) is 4.70 Å². The van der Waals surface area contributed by atoms with Crippen molar-refractivity contribution >= 4 is 11.4 Å². The maximum Gasteiger partial charge on any atom is 0.211 e. The van der Waals surface area contributed by atoms with Crippen molar-refractivity contribution in [1.29, 1.82) is 0 Å². The number of nitrogens with zero attached hydrogens (tertiary/aromatic N) is 2. The lowest BCUT2D eigenvalue weighted by atomic mass is 9.90. The molecule has 0 spiro atoms. The lowest BCUT2D eigenvalue weighted by Gasteiger charge is -2.11. The van der Waals surface area contributed by atoms with Crippen molar-refractivity contribution in [3.8, 4) is 0 Å². The van der Waals surface area contributed by atoms with Crippen LogP contribution in [0.2, 0.25) is 0 Å². The highest BCUT2D eigenvalue weighted by molar-refractivity contribution is 5.82. The van der Waals surface area contributed by atoms with Crippen LogP contribution in [-0.2, 0) is 12.8 Å². The largest absolute Gasteiger partial charge is 0.493 e. The Morgan fingerprint density at radius 3 is 1.33 bits per heavy atom. The van der Waals surface area contributed by atoms with Gasteiger partial charge < -0.3 is 5.53 Å². The van der Waals surface area contributed by atoms with Crippen LogP contribution in [0.3, 0.4) is 0 Å². The van der Waals surface area contributed by atoms with Crippen molar-refractivity contribution in [3.63, 3.8) is 0 Å². The molecule has 0 saturated heterocycles. The van der Waals surface area contributed by atoms with Crippen molar-refractivity contribution in [1.82, 2.24) is 0 Å². The summed E-state index contributed by atoms with van der Waals surface area (Å²) in [7, 11) is 0. The van der Waals surface area contributed by atoms with Crippen molar-refractivity contribution in [2.45, 2.75) is 137 Å². The minimum atomic E-state index is 1.03. The van der Waals surface area contributed by atoms with Gasteiger partial charge in [0.05, 0.1) is 0 Å². The Morgan fingerprint density at radius 2 is 0.897 bits per heavy atom. The third-order valence-electron chi connectivity index (χ3n) is 8.21. The number of allylic oxidation sites excluding steroid dienone is 2. The molecule has 39 heavy (non-hydrogen) atoms. The predicted octanol–water partition coefficient (Wildman–Crippen LogP) is 11.9. The van der Waals surface area contributed by atoms with E-state index in [1.165, 1.54) is 106 Å². The third kappa shape index (κ3) is 9.02. The van der Waals surface area contributed by atoms with Gasteiger partial charge >= 0.3 is 0 Å². The number of aryl methyl sites for hydroxylation is 2. The fourth-order valence-electron chi connectivity index (χ4n) is 5.93. The zero-order valence-electron chi connectivity index (χ0n) is 25.5. The maximum atomic E-state index is 12.0. The molecule has 0 unspecified atom stereocenters. The van der Waals surface area contributed by atoms with Gasteiger partial charge in [0.1, 0.15) is 0 Å². The van der Waals surface area contributed by atoms with E-state index in [2.05, 4.69) is 76.2 Å². The van der Waals surface area contributed by atoms with Gasteiger partial charge in [-0.2, -0.15) is 0 Å². The van der Waals surface area contributed by atoms with Gasteiger partial charge in [-0.05, 0) is 86.8 Å². The van der Waals surface area contributed by atoms with Gasteiger partial charge in [-0.15, -0.1) is 0 Å². The number of unbranched alkanes of at least 4 members (excludes halogenated alkanes) is 9. The quantitative estimate of drug-likeness (QED) is 0.128. The molecule has 0 bridgehead atoms. The number of rotatable bonds is 19. The highest BCUT2D eigenvalue weighted by atomic mass is 15.2. The van der Waals surface area contributed by atoms with Crippen LogP contribution >= 0.6 is 0 Å². The van der Waals surface area contributed by atoms with E-state index in [4.69, 9.17) is 0 Å². The molecular weight excluding hydrogens is 472 g/mol. The molecule has 2 nitrogen and oxygen atoms in total. The molecular formula is C37H54N2. The predicted molar refractivity (Wildman–Crippen MR) is 170 cm³/mol. The summed E-state index contributed by atoms with van der Waals surface area (Å²) in [5, 5.41) is 0. The monoisotopic (exact) mass is 526 g/mol. The Kier molecular flexibility index (Phi) is 13.7. The normalized spacial score (nSPS) is 13.7. The molecule has 0 aromatic heterocycles. The molecule has 0 fully saturated rings. The van der Waals surface area contributed by atoms with E-state index in [0.29, 0.717) is 0 Å². The van der Waals surface area contributed by atoms with Crippen LogP contribution in [0, 0.1) is 0 Å². The molecule has 2 aromatic rings. The Morgan fingerprint density at radius 1 is 0.487 bits per heavy atom. The van der Waals surface area contributed by atoms with Gasteiger partial charge in [-0.25, -0.2) is 4.70 Å². The van der Waals surface area contributed by atoms with E-state index < -0.39 is 0 Å². The van der Waals surface area contributed by atoms with Gasteiger partial charge in [0.2, 0.25) is 11.4 Å². The Labute approximate surface area is 240 Å². The summed E-state index contributed by atoms with van der Waals surface area (Å²) in [5.74, 6) is 0. The molecule has 0 saturated carbocycles. The standard InChI is InChI=1S/C37H54N2/c1-5-9-13-15-17-27-35-34(26-16-14-10-6-2)36(32-24-18-22-30(28-32)20-11-7-3)39(38)37(35)33-25-19-23-31(29-33)21-12-8-4/h18-19,22-25,28-29H,5-17,20-21,26-27H2,1-4H3. The summed E-state index contributed by atoms with van der Waals surface area (Å²) in [4.78, 5) is 0. The molecule has 2 aromatic carbocycles. The van der Waals surface area contributed by atoms with Crippen LogP contribution in [0.25, 0.3) is 16.9 Å². The second-order valence-corrected chi connectivity index (χ2v) is 11.5. The first kappa shape index (κ1) is 31.1. The zero-order chi connectivity index (χ0) is 27.9. The molecule has 0 amide bonds. The Balaban J connectivity index is 2.06. The smallest absolute Gasteiger partial charge is 0.211 e. The average molecular weight is 527 g/mol. The highest BCUT2D eigenvalue weighted by Crippen LogP contribution is 2.45. The zero-order valence-corrected chi connectivity index (χ0v) is 25.5. The lowest BCUT2D eigenvalue weighted by Crippen LogP contribution is -2.03. The Bertz CT molecular complexity index is 1100. The van der Waals surface area contributed by atoms with Gasteiger partial charge in [0.15, 0.2) is 0 Å². The first-order valence-electron chi connectivity index (χ1n) is 16.3. The SMILES string of the molecule is CCCCCCCC1=C(c2cccc(CCCC)c2)[N+](=[N-])C(c2cccc(CCCC)c2)=C1CCCCCC. The molecule has 3 rings (SSSR count). The summed E-state index contributed by atoms with van der Waals surface area (Å²) in [6.45, 7) is 9.07. The van der Waals surface area contributed by atoms with Gasteiger partial charge in [-0.3, -0.25) is 0 Å². The molecule has 0 atom stereocenters. The summed E-state index contributed by atoms with van der Waals surface area (Å²) in [6, 6.07) is 17.9. The van der Waals surface area contributed by atoms with E-state index in [1.54, 1.807) is 4.70 Å². The summed E-state index contributed by atoms with van der Waals surface area (Å²) >= 11 is 0. The second-order valence-electron chi connectivity index (χ2n) is 11.5. The van der Waals surface area contributed by atoms with E-state index in [9.17, 15) is 5.53 Å². The molecule has 0 radical (unpaired) electrons. The number of hydrogen-bond acceptors (Lipinski definition) is 0. The van der Waals surface area contributed by atoms with Crippen molar-refractivity contribution in [2.75, 3.05) is 0 Å². The van der Waals surface area contributed by atoms with Gasteiger partial charge in [0.25, 0.3) is 0 Å². The van der Waals surface area contributed by atoms with Crippen LogP contribution in [0.5, 0.6) is 0 Å². The van der Waals surface area contributed by atoms with Crippen LogP contribution in [0.15, 0.2) is 59.7 Å². The minimum absolute atomic E-state index is 1.03. The summed E-state index contributed by atoms with van der Waals surface area (Å²) in [5.41, 5.74) is 21.9. The third-order valence-corrected chi connectivity index (χ3v) is 8.21. The van der Waals surface area contributed by atoms with E-state index in [-0.39, 0.29) is 0 Å².